The highest BCUT2D eigenvalue weighted by molar-refractivity contribution is 6.32. The van der Waals surface area contributed by atoms with Crippen LogP contribution in [0.1, 0.15) is 11.1 Å². The maximum Gasteiger partial charge on any atom is 0.283 e. The van der Waals surface area contributed by atoms with E-state index in [-0.39, 0.29) is 12.6 Å². The van der Waals surface area contributed by atoms with Gasteiger partial charge in [0, 0.05) is 11.8 Å². The lowest BCUT2D eigenvalue weighted by Crippen LogP contribution is -2.27. The fraction of sp³-hybridized carbons (Fsp3) is 0.143. The van der Waals surface area contributed by atoms with E-state index < -0.39 is 11.4 Å². The second-order valence-electron chi connectivity index (χ2n) is 6.42. The Bertz CT molecular complexity index is 1070. The average Bonchev–Trinajstić information content (AvgIpc) is 3.11. The molecule has 28 heavy (non-hydrogen) atoms. The van der Waals surface area contributed by atoms with Gasteiger partial charge in [-0.15, -0.1) is 0 Å². The molecule has 4 rings (SSSR count). The molecule has 3 aromatic rings. The predicted octanol–water partition coefficient (Wildman–Crippen LogP) is 4.14. The molecule has 7 heteroatoms. The molecule has 0 saturated carbocycles. The number of halogens is 2. The largest absolute Gasteiger partial charge is 0.495 e. The Morgan fingerprint density at radius 2 is 1.93 bits per heavy atom. The number of aromatic nitrogens is 1. The van der Waals surface area contributed by atoms with Crippen molar-refractivity contribution in [2.45, 2.75) is 5.54 Å². The van der Waals surface area contributed by atoms with Crippen LogP contribution in [-0.4, -0.2) is 24.7 Å². The number of nitrogens with two attached hydrogens (primary N) is 1. The van der Waals surface area contributed by atoms with E-state index >= 15 is 0 Å². The third kappa shape index (κ3) is 3.16. The molecular weight excluding hydrogens is 381 g/mol. The van der Waals surface area contributed by atoms with Crippen molar-refractivity contribution in [3.8, 4) is 16.9 Å². The molecule has 1 aliphatic rings. The van der Waals surface area contributed by atoms with E-state index in [4.69, 9.17) is 26.8 Å². The van der Waals surface area contributed by atoms with E-state index in [9.17, 15) is 4.39 Å². The van der Waals surface area contributed by atoms with Gasteiger partial charge >= 0.3 is 0 Å². The number of ether oxygens (including phenoxy) is 2. The number of amidine groups is 1. The van der Waals surface area contributed by atoms with Crippen LogP contribution >= 0.6 is 11.6 Å². The fourth-order valence-corrected chi connectivity index (χ4v) is 3.60. The molecule has 2 N–H and O–H groups in total. The molecule has 1 aromatic heterocycles. The minimum absolute atomic E-state index is 0.102. The number of nitrogens with zero attached hydrogens (tertiary/aromatic N) is 2. The van der Waals surface area contributed by atoms with Crippen LogP contribution in [0.5, 0.6) is 5.75 Å². The van der Waals surface area contributed by atoms with Gasteiger partial charge in [-0.1, -0.05) is 35.9 Å². The van der Waals surface area contributed by atoms with Gasteiger partial charge in [0.05, 0.1) is 18.3 Å². The lowest BCUT2D eigenvalue weighted by atomic mass is 9.83. The average molecular weight is 398 g/mol. The number of benzene rings is 2. The van der Waals surface area contributed by atoms with Crippen molar-refractivity contribution >= 4 is 17.6 Å². The second-order valence-corrected chi connectivity index (χ2v) is 6.83. The summed E-state index contributed by atoms with van der Waals surface area (Å²) in [7, 11) is 1.56. The standard InChI is InChI=1S/C21H17ClFN3O2/c1-27-19-6-5-16(9-18(19)22)21(12-28-20(24)26-21)15-4-2-3-13(7-15)14-8-17(23)11-25-10-14/h2-11H,12H2,1H3,(H2,24,26)/t21-/m0/s1. The first-order valence-corrected chi connectivity index (χ1v) is 8.93. The van der Waals surface area contributed by atoms with E-state index in [0.29, 0.717) is 16.3 Å². The van der Waals surface area contributed by atoms with Crippen LogP contribution < -0.4 is 10.5 Å². The highest BCUT2D eigenvalue weighted by atomic mass is 35.5. The van der Waals surface area contributed by atoms with Crippen molar-refractivity contribution in [1.29, 1.82) is 0 Å². The van der Waals surface area contributed by atoms with Crippen molar-refractivity contribution in [1.82, 2.24) is 4.98 Å². The van der Waals surface area contributed by atoms with Crippen LogP contribution in [0, 0.1) is 5.82 Å². The molecule has 1 aliphatic heterocycles. The summed E-state index contributed by atoms with van der Waals surface area (Å²) in [5, 5.41) is 0.463. The van der Waals surface area contributed by atoms with Gasteiger partial charge in [0.25, 0.3) is 6.02 Å². The highest BCUT2D eigenvalue weighted by Gasteiger charge is 2.40. The van der Waals surface area contributed by atoms with E-state index in [1.54, 1.807) is 25.4 Å². The fourth-order valence-electron chi connectivity index (χ4n) is 3.34. The molecule has 0 saturated heterocycles. The second kappa shape index (κ2) is 7.13. The van der Waals surface area contributed by atoms with Gasteiger partial charge in [0.2, 0.25) is 0 Å². The minimum Gasteiger partial charge on any atom is -0.495 e. The molecule has 142 valence electrons. The van der Waals surface area contributed by atoms with Crippen molar-refractivity contribution in [3.63, 3.8) is 0 Å². The van der Waals surface area contributed by atoms with Gasteiger partial charge in [-0.3, -0.25) is 4.98 Å². The Hall–Kier alpha value is -3.12. The van der Waals surface area contributed by atoms with Crippen molar-refractivity contribution in [3.05, 3.63) is 82.9 Å². The predicted molar refractivity (Wildman–Crippen MR) is 106 cm³/mol. The molecule has 5 nitrogen and oxygen atoms in total. The topological polar surface area (TPSA) is 69.7 Å². The summed E-state index contributed by atoms with van der Waals surface area (Å²) in [6.07, 6.45) is 2.78. The Morgan fingerprint density at radius 3 is 2.61 bits per heavy atom. The van der Waals surface area contributed by atoms with Gasteiger partial charge in [-0.25, -0.2) is 9.38 Å². The normalized spacial score (nSPS) is 18.5. The van der Waals surface area contributed by atoms with E-state index in [2.05, 4.69) is 9.98 Å². The SMILES string of the molecule is COc1ccc([C@@]2(c3cccc(-c4cncc(F)c4)c3)COC(N)=N2)cc1Cl. The Kier molecular flexibility index (Phi) is 4.65. The monoisotopic (exact) mass is 397 g/mol. The Balaban J connectivity index is 1.86. The number of hydrogen-bond donors (Lipinski definition) is 1. The Morgan fingerprint density at radius 1 is 1.11 bits per heavy atom. The van der Waals surface area contributed by atoms with Crippen LogP contribution in [0.3, 0.4) is 0 Å². The van der Waals surface area contributed by atoms with E-state index in [1.807, 2.05) is 30.3 Å². The number of pyridine rings is 1. The maximum absolute atomic E-state index is 13.6. The first-order chi connectivity index (χ1) is 13.5. The summed E-state index contributed by atoms with van der Waals surface area (Å²) in [5.74, 6) is 0.169. The van der Waals surface area contributed by atoms with Crippen LogP contribution in [0.2, 0.25) is 5.02 Å². The number of rotatable bonds is 4. The number of aliphatic imine (C=N–C) groups is 1. The summed E-state index contributed by atoms with van der Waals surface area (Å²) in [6, 6.07) is 14.6. The molecule has 0 aliphatic carbocycles. The molecular formula is C21H17ClFN3O2. The first-order valence-electron chi connectivity index (χ1n) is 8.55. The number of methoxy groups -OCH3 is 1. The number of hydrogen-bond acceptors (Lipinski definition) is 5. The molecule has 0 fully saturated rings. The van der Waals surface area contributed by atoms with Crippen LogP contribution in [0.4, 0.5) is 4.39 Å². The zero-order chi connectivity index (χ0) is 19.7. The summed E-state index contributed by atoms with van der Waals surface area (Å²) in [4.78, 5) is 8.52. The molecule has 0 bridgehead atoms. The van der Waals surface area contributed by atoms with Gasteiger partial charge < -0.3 is 15.2 Å². The van der Waals surface area contributed by atoms with Gasteiger partial charge in [0.15, 0.2) is 5.54 Å². The third-order valence-electron chi connectivity index (χ3n) is 4.74. The van der Waals surface area contributed by atoms with Crippen LogP contribution in [0.25, 0.3) is 11.1 Å². The van der Waals surface area contributed by atoms with Crippen molar-refractivity contribution in [2.24, 2.45) is 10.7 Å². The lowest BCUT2D eigenvalue weighted by Gasteiger charge is -2.26. The smallest absolute Gasteiger partial charge is 0.283 e. The van der Waals surface area contributed by atoms with E-state index in [0.717, 1.165) is 16.7 Å². The lowest BCUT2D eigenvalue weighted by molar-refractivity contribution is 0.278. The van der Waals surface area contributed by atoms with Gasteiger partial charge in [0.1, 0.15) is 18.2 Å². The minimum atomic E-state index is -0.864. The van der Waals surface area contributed by atoms with Gasteiger partial charge in [-0.05, 0) is 41.0 Å². The van der Waals surface area contributed by atoms with E-state index in [1.165, 1.54) is 12.3 Å². The zero-order valence-electron chi connectivity index (χ0n) is 15.0. The highest BCUT2D eigenvalue weighted by Crippen LogP contribution is 2.41. The van der Waals surface area contributed by atoms with Crippen molar-refractivity contribution < 1.29 is 13.9 Å². The van der Waals surface area contributed by atoms with Crippen LogP contribution in [0.15, 0.2) is 65.9 Å². The summed E-state index contributed by atoms with van der Waals surface area (Å²) < 4.78 is 24.4. The van der Waals surface area contributed by atoms with Crippen molar-refractivity contribution in [2.75, 3.05) is 13.7 Å². The van der Waals surface area contributed by atoms with Gasteiger partial charge in [-0.2, -0.15) is 0 Å². The quantitative estimate of drug-likeness (QED) is 0.718. The maximum atomic E-state index is 13.6. The summed E-state index contributed by atoms with van der Waals surface area (Å²) in [5.41, 5.74) is 8.13. The zero-order valence-corrected chi connectivity index (χ0v) is 15.8. The molecule has 0 radical (unpaired) electrons. The third-order valence-corrected chi connectivity index (χ3v) is 5.03. The van der Waals surface area contributed by atoms with Crippen LogP contribution in [-0.2, 0) is 10.3 Å². The first kappa shape index (κ1) is 18.3. The Labute approximate surface area is 166 Å². The molecule has 0 amide bonds. The molecule has 2 aromatic carbocycles. The molecule has 0 spiro atoms. The molecule has 1 atom stereocenters. The molecule has 0 unspecified atom stereocenters. The summed E-state index contributed by atoms with van der Waals surface area (Å²) in [6.45, 7) is 0.229. The summed E-state index contributed by atoms with van der Waals surface area (Å²) >= 11 is 6.34. The molecule has 2 heterocycles.